The zero-order chi connectivity index (χ0) is 14.1. The van der Waals surface area contributed by atoms with E-state index in [2.05, 4.69) is 20.6 Å². The number of nitrogens with zero attached hydrogens (tertiary/aromatic N) is 3. The molecule has 8 heteroatoms. The molecule has 0 spiro atoms. The highest BCUT2D eigenvalue weighted by molar-refractivity contribution is 7.13. The molecule has 0 bridgehead atoms. The quantitative estimate of drug-likeness (QED) is 0.797. The molecule has 3 heterocycles. The van der Waals surface area contributed by atoms with Gasteiger partial charge in [0.2, 0.25) is 0 Å². The highest BCUT2D eigenvalue weighted by atomic mass is 32.1. The Kier molecular flexibility index (Phi) is 3.07. The third kappa shape index (κ3) is 2.45. The number of nitrogens with one attached hydrogen (secondary N) is 1. The van der Waals surface area contributed by atoms with Gasteiger partial charge < -0.3 is 14.4 Å². The van der Waals surface area contributed by atoms with Crippen LogP contribution in [0.5, 0.6) is 0 Å². The number of thiazole rings is 1. The van der Waals surface area contributed by atoms with Crippen molar-refractivity contribution in [2.24, 2.45) is 0 Å². The maximum Gasteiger partial charge on any atom is 0.276 e. The van der Waals surface area contributed by atoms with Crippen LogP contribution < -0.4 is 5.32 Å². The van der Waals surface area contributed by atoms with E-state index in [1.54, 1.807) is 31.4 Å². The third-order valence-corrected chi connectivity index (χ3v) is 3.32. The SMILES string of the molecule is Cc1cc(NC(=O)c2csc(-c3cc(C)on3)n2)no1. The maximum atomic E-state index is 12.0. The molecule has 0 saturated carbocycles. The predicted molar refractivity (Wildman–Crippen MR) is 71.5 cm³/mol. The van der Waals surface area contributed by atoms with Crippen LogP contribution in [0, 0.1) is 13.8 Å². The van der Waals surface area contributed by atoms with Gasteiger partial charge in [-0.3, -0.25) is 4.79 Å². The molecule has 0 aliphatic carbocycles. The van der Waals surface area contributed by atoms with Crippen molar-refractivity contribution < 1.29 is 13.8 Å². The van der Waals surface area contributed by atoms with E-state index in [-0.39, 0.29) is 5.91 Å². The van der Waals surface area contributed by atoms with Crippen LogP contribution in [-0.2, 0) is 0 Å². The van der Waals surface area contributed by atoms with E-state index in [4.69, 9.17) is 9.05 Å². The van der Waals surface area contributed by atoms with Crippen molar-refractivity contribution in [1.29, 1.82) is 0 Å². The molecule has 0 fully saturated rings. The van der Waals surface area contributed by atoms with Crippen LogP contribution in [0.4, 0.5) is 5.82 Å². The molecular formula is C12H10N4O3S. The predicted octanol–water partition coefficient (Wildman–Crippen LogP) is 2.66. The molecule has 102 valence electrons. The Hall–Kier alpha value is -2.48. The average molecular weight is 290 g/mol. The van der Waals surface area contributed by atoms with Crippen molar-refractivity contribution in [3.05, 3.63) is 34.7 Å². The molecule has 3 aromatic rings. The summed E-state index contributed by atoms with van der Waals surface area (Å²) in [5.74, 6) is 1.33. The highest BCUT2D eigenvalue weighted by Crippen LogP contribution is 2.23. The van der Waals surface area contributed by atoms with Crippen molar-refractivity contribution in [2.45, 2.75) is 13.8 Å². The van der Waals surface area contributed by atoms with E-state index in [0.717, 1.165) is 0 Å². The number of carbonyl (C=O) groups is 1. The van der Waals surface area contributed by atoms with Gasteiger partial charge in [-0.25, -0.2) is 4.98 Å². The number of hydrogen-bond acceptors (Lipinski definition) is 7. The van der Waals surface area contributed by atoms with Gasteiger partial charge in [-0.1, -0.05) is 10.3 Å². The Labute approximate surface area is 117 Å². The first kappa shape index (κ1) is 12.5. The lowest BCUT2D eigenvalue weighted by Crippen LogP contribution is -2.12. The number of aryl methyl sites for hydroxylation is 2. The normalized spacial score (nSPS) is 10.7. The summed E-state index contributed by atoms with van der Waals surface area (Å²) in [6.45, 7) is 3.54. The standard InChI is InChI=1S/C12H10N4O3S/c1-6-3-8(15-18-6)12-13-9(5-20-12)11(17)14-10-4-7(2)19-16-10/h3-5H,1-2H3,(H,14,16,17). The fourth-order valence-corrected chi connectivity index (χ4v) is 2.32. The summed E-state index contributed by atoms with van der Waals surface area (Å²) >= 11 is 1.32. The number of amides is 1. The number of rotatable bonds is 3. The van der Waals surface area contributed by atoms with E-state index in [9.17, 15) is 4.79 Å². The Morgan fingerprint density at radius 2 is 1.95 bits per heavy atom. The molecule has 0 aromatic carbocycles. The lowest BCUT2D eigenvalue weighted by molar-refractivity contribution is 0.102. The Bertz CT molecular complexity index is 758. The van der Waals surface area contributed by atoms with Crippen LogP contribution in [0.1, 0.15) is 22.0 Å². The molecule has 20 heavy (non-hydrogen) atoms. The molecule has 1 amide bonds. The second-order valence-electron chi connectivity index (χ2n) is 4.14. The summed E-state index contributed by atoms with van der Waals surface area (Å²) in [5, 5.41) is 12.4. The zero-order valence-corrected chi connectivity index (χ0v) is 11.5. The molecule has 3 aromatic heterocycles. The first-order valence-electron chi connectivity index (χ1n) is 5.76. The molecule has 0 saturated heterocycles. The number of carbonyl (C=O) groups excluding carboxylic acids is 1. The highest BCUT2D eigenvalue weighted by Gasteiger charge is 2.15. The summed E-state index contributed by atoms with van der Waals surface area (Å²) < 4.78 is 9.85. The van der Waals surface area contributed by atoms with Crippen molar-refractivity contribution in [3.8, 4) is 10.7 Å². The van der Waals surface area contributed by atoms with Gasteiger partial charge in [0.25, 0.3) is 5.91 Å². The topological polar surface area (TPSA) is 94.1 Å². The van der Waals surface area contributed by atoms with Crippen LogP contribution in [0.2, 0.25) is 0 Å². The Morgan fingerprint density at radius 1 is 1.20 bits per heavy atom. The summed E-state index contributed by atoms with van der Waals surface area (Å²) in [6, 6.07) is 3.40. The van der Waals surface area contributed by atoms with Gasteiger partial charge in [-0.05, 0) is 13.8 Å². The Balaban J connectivity index is 1.78. The maximum absolute atomic E-state index is 12.0. The van der Waals surface area contributed by atoms with Crippen molar-refractivity contribution in [3.63, 3.8) is 0 Å². The van der Waals surface area contributed by atoms with E-state index in [1.807, 2.05) is 0 Å². The lowest BCUT2D eigenvalue weighted by Gasteiger charge is -1.95. The molecule has 0 radical (unpaired) electrons. The van der Waals surface area contributed by atoms with Crippen molar-refractivity contribution in [2.75, 3.05) is 5.32 Å². The van der Waals surface area contributed by atoms with E-state index < -0.39 is 0 Å². The van der Waals surface area contributed by atoms with Gasteiger partial charge >= 0.3 is 0 Å². The molecule has 1 N–H and O–H groups in total. The minimum absolute atomic E-state index is 0.298. The second-order valence-corrected chi connectivity index (χ2v) is 5.00. The van der Waals surface area contributed by atoms with E-state index in [0.29, 0.717) is 33.7 Å². The van der Waals surface area contributed by atoms with Crippen molar-refractivity contribution in [1.82, 2.24) is 15.3 Å². The minimum atomic E-state index is -0.346. The summed E-state index contributed by atoms with van der Waals surface area (Å²) in [7, 11) is 0. The summed E-state index contributed by atoms with van der Waals surface area (Å²) in [5.41, 5.74) is 0.912. The van der Waals surface area contributed by atoms with Crippen LogP contribution in [0.3, 0.4) is 0 Å². The zero-order valence-electron chi connectivity index (χ0n) is 10.7. The van der Waals surface area contributed by atoms with Gasteiger partial charge in [-0.15, -0.1) is 11.3 Å². The van der Waals surface area contributed by atoms with Crippen LogP contribution in [0.25, 0.3) is 10.7 Å². The van der Waals surface area contributed by atoms with Gasteiger partial charge in [0.05, 0.1) is 0 Å². The van der Waals surface area contributed by atoms with Crippen LogP contribution in [0.15, 0.2) is 26.6 Å². The van der Waals surface area contributed by atoms with Gasteiger partial charge in [-0.2, -0.15) is 0 Å². The first-order valence-corrected chi connectivity index (χ1v) is 6.63. The van der Waals surface area contributed by atoms with Gasteiger partial charge in [0.15, 0.2) is 5.82 Å². The third-order valence-electron chi connectivity index (χ3n) is 2.45. The molecule has 7 nitrogen and oxygen atoms in total. The second kappa shape index (κ2) is 4.89. The lowest BCUT2D eigenvalue weighted by atomic mass is 10.4. The average Bonchev–Trinajstić information content (AvgIpc) is 3.10. The Morgan fingerprint density at radius 3 is 2.60 bits per heavy atom. The van der Waals surface area contributed by atoms with Gasteiger partial charge in [0, 0.05) is 17.5 Å². The first-order chi connectivity index (χ1) is 9.61. The molecule has 0 aliphatic rings. The van der Waals surface area contributed by atoms with E-state index >= 15 is 0 Å². The van der Waals surface area contributed by atoms with Gasteiger partial charge in [0.1, 0.15) is 27.9 Å². The molecule has 3 rings (SSSR count). The van der Waals surface area contributed by atoms with Crippen LogP contribution >= 0.6 is 11.3 Å². The fourth-order valence-electron chi connectivity index (χ4n) is 1.57. The molecule has 0 atom stereocenters. The smallest absolute Gasteiger partial charge is 0.276 e. The molecule has 0 unspecified atom stereocenters. The largest absolute Gasteiger partial charge is 0.361 e. The van der Waals surface area contributed by atoms with Crippen molar-refractivity contribution >= 4 is 23.1 Å². The number of aromatic nitrogens is 3. The van der Waals surface area contributed by atoms with E-state index in [1.165, 1.54) is 11.3 Å². The minimum Gasteiger partial charge on any atom is -0.361 e. The molecule has 0 aliphatic heterocycles. The monoisotopic (exact) mass is 290 g/mol. The number of anilines is 1. The summed E-state index contributed by atoms with van der Waals surface area (Å²) in [6.07, 6.45) is 0. The summed E-state index contributed by atoms with van der Waals surface area (Å²) in [4.78, 5) is 16.2. The van der Waals surface area contributed by atoms with Crippen LogP contribution in [-0.4, -0.2) is 21.2 Å². The fraction of sp³-hybridized carbons (Fsp3) is 0.167. The molecular weight excluding hydrogens is 280 g/mol. The number of hydrogen-bond donors (Lipinski definition) is 1.